The maximum absolute atomic E-state index is 11.7. The lowest BCUT2D eigenvalue weighted by Crippen LogP contribution is -2.54. The normalized spacial score (nSPS) is 32.8. The fraction of sp³-hybridized carbons (Fsp3) is 0.895. The molecule has 0 aromatic rings. The maximum Gasteiger partial charge on any atom is 0.220 e. The number of carbonyl (C=O) groups is 1. The third-order valence-corrected chi connectivity index (χ3v) is 6.34. The van der Waals surface area contributed by atoms with E-state index in [0.717, 1.165) is 45.0 Å². The Morgan fingerprint density at radius 1 is 1.40 bits per heavy atom. The fourth-order valence-corrected chi connectivity index (χ4v) is 4.89. The molecule has 0 aliphatic carbocycles. The molecular formula is C19H35N5O. The largest absolute Gasteiger partial charge is 0.355 e. The predicted octanol–water partition coefficient (Wildman–Crippen LogP) is 1.43. The molecule has 0 aromatic carbocycles. The van der Waals surface area contributed by atoms with Gasteiger partial charge in [-0.05, 0) is 46.1 Å². The van der Waals surface area contributed by atoms with Crippen LogP contribution >= 0.6 is 0 Å². The first-order chi connectivity index (χ1) is 12.0. The summed E-state index contributed by atoms with van der Waals surface area (Å²) >= 11 is 0. The number of carbonyl (C=O) groups excluding carboxylic acids is 1. The van der Waals surface area contributed by atoms with Crippen LogP contribution in [0.5, 0.6) is 0 Å². The van der Waals surface area contributed by atoms with Crippen LogP contribution in [0.4, 0.5) is 0 Å². The molecule has 6 heteroatoms. The number of likely N-dealkylation sites (tertiary alicyclic amines) is 2. The van der Waals surface area contributed by atoms with Crippen molar-refractivity contribution in [3.8, 4) is 0 Å². The van der Waals surface area contributed by atoms with Crippen molar-refractivity contribution in [1.29, 1.82) is 0 Å². The number of guanidine groups is 1. The summed E-state index contributed by atoms with van der Waals surface area (Å²) in [4.78, 5) is 21.2. The summed E-state index contributed by atoms with van der Waals surface area (Å²) < 4.78 is 0. The molecule has 0 aromatic heterocycles. The lowest BCUT2D eigenvalue weighted by molar-refractivity contribution is -0.119. The van der Waals surface area contributed by atoms with Gasteiger partial charge < -0.3 is 15.5 Å². The first-order valence-electron chi connectivity index (χ1n) is 10.0. The van der Waals surface area contributed by atoms with Gasteiger partial charge in [-0.2, -0.15) is 0 Å². The molecule has 0 bridgehead atoms. The van der Waals surface area contributed by atoms with Crippen LogP contribution in [0.2, 0.25) is 0 Å². The molecule has 3 aliphatic heterocycles. The van der Waals surface area contributed by atoms with E-state index in [4.69, 9.17) is 0 Å². The standard InChI is InChI=1S/C19H35N5O/c1-15-7-4-5-10-24(15)16(2)12-21-18(20-3)23-9-6-8-19(14-23)11-17(25)22-13-19/h15-16H,4-14H2,1-3H3,(H,20,21)(H,22,25). The van der Waals surface area contributed by atoms with Crippen LogP contribution < -0.4 is 10.6 Å². The van der Waals surface area contributed by atoms with Crippen molar-refractivity contribution >= 4 is 11.9 Å². The monoisotopic (exact) mass is 349 g/mol. The van der Waals surface area contributed by atoms with E-state index in [1.807, 2.05) is 7.05 Å². The highest BCUT2D eigenvalue weighted by Gasteiger charge is 2.42. The third kappa shape index (κ3) is 4.27. The number of hydrogen-bond donors (Lipinski definition) is 2. The molecule has 3 atom stereocenters. The van der Waals surface area contributed by atoms with Crippen LogP contribution in [-0.4, -0.2) is 73.5 Å². The van der Waals surface area contributed by atoms with Crippen LogP contribution in [0.25, 0.3) is 0 Å². The fourth-order valence-electron chi connectivity index (χ4n) is 4.89. The van der Waals surface area contributed by atoms with Crippen LogP contribution in [0.15, 0.2) is 4.99 Å². The van der Waals surface area contributed by atoms with Gasteiger partial charge in [0.15, 0.2) is 5.96 Å². The van der Waals surface area contributed by atoms with Gasteiger partial charge in [0.05, 0.1) is 0 Å². The molecule has 3 saturated heterocycles. The molecule has 3 heterocycles. The summed E-state index contributed by atoms with van der Waals surface area (Å²) in [7, 11) is 1.87. The highest BCUT2D eigenvalue weighted by molar-refractivity contribution is 5.81. The smallest absolute Gasteiger partial charge is 0.220 e. The number of rotatable bonds is 3. The highest BCUT2D eigenvalue weighted by atomic mass is 16.1. The zero-order chi connectivity index (χ0) is 17.9. The SMILES string of the molecule is CN=C(NCC(C)N1CCCCC1C)N1CCCC2(CNC(=O)C2)C1. The first kappa shape index (κ1) is 18.5. The molecular weight excluding hydrogens is 314 g/mol. The van der Waals surface area contributed by atoms with E-state index in [2.05, 4.69) is 39.3 Å². The van der Waals surface area contributed by atoms with Crippen LogP contribution in [0.3, 0.4) is 0 Å². The maximum atomic E-state index is 11.7. The molecule has 1 amide bonds. The van der Waals surface area contributed by atoms with Crippen LogP contribution in [-0.2, 0) is 4.79 Å². The summed E-state index contributed by atoms with van der Waals surface area (Å²) in [5.74, 6) is 1.20. The molecule has 25 heavy (non-hydrogen) atoms. The number of amides is 1. The molecule has 0 saturated carbocycles. The molecule has 3 fully saturated rings. The van der Waals surface area contributed by atoms with E-state index in [-0.39, 0.29) is 11.3 Å². The van der Waals surface area contributed by atoms with Crippen LogP contribution in [0, 0.1) is 5.41 Å². The Bertz CT molecular complexity index is 508. The van der Waals surface area contributed by atoms with Gasteiger partial charge in [-0.25, -0.2) is 0 Å². The second kappa shape index (κ2) is 7.94. The van der Waals surface area contributed by atoms with Gasteiger partial charge in [-0.15, -0.1) is 0 Å². The lowest BCUT2D eigenvalue weighted by Gasteiger charge is -2.42. The second-order valence-electron chi connectivity index (χ2n) is 8.34. The molecule has 3 unspecified atom stereocenters. The van der Waals surface area contributed by atoms with Crippen LogP contribution in [0.1, 0.15) is 52.4 Å². The van der Waals surface area contributed by atoms with Gasteiger partial charge in [0.1, 0.15) is 0 Å². The molecule has 6 nitrogen and oxygen atoms in total. The Balaban J connectivity index is 1.54. The Morgan fingerprint density at radius 3 is 2.92 bits per heavy atom. The van der Waals surface area contributed by atoms with Gasteiger partial charge in [0.2, 0.25) is 5.91 Å². The van der Waals surface area contributed by atoms with E-state index in [0.29, 0.717) is 18.5 Å². The topological polar surface area (TPSA) is 60.0 Å². The molecule has 0 radical (unpaired) electrons. The molecule has 3 aliphatic rings. The van der Waals surface area contributed by atoms with E-state index in [9.17, 15) is 4.79 Å². The Hall–Kier alpha value is -1.30. The Morgan fingerprint density at radius 2 is 2.24 bits per heavy atom. The van der Waals surface area contributed by atoms with E-state index in [1.54, 1.807) is 0 Å². The average molecular weight is 350 g/mol. The number of hydrogen-bond acceptors (Lipinski definition) is 3. The van der Waals surface area contributed by atoms with Gasteiger partial charge >= 0.3 is 0 Å². The van der Waals surface area contributed by atoms with E-state index >= 15 is 0 Å². The van der Waals surface area contributed by atoms with Crippen molar-refractivity contribution in [2.75, 3.05) is 39.8 Å². The third-order valence-electron chi connectivity index (χ3n) is 6.34. The number of nitrogens with one attached hydrogen (secondary N) is 2. The highest BCUT2D eigenvalue weighted by Crippen LogP contribution is 2.36. The predicted molar refractivity (Wildman–Crippen MR) is 102 cm³/mol. The molecule has 1 spiro atoms. The average Bonchev–Trinajstić information content (AvgIpc) is 2.95. The lowest BCUT2D eigenvalue weighted by atomic mass is 9.79. The second-order valence-corrected chi connectivity index (χ2v) is 8.34. The van der Waals surface area contributed by atoms with Gasteiger partial charge in [-0.3, -0.25) is 14.7 Å². The van der Waals surface area contributed by atoms with Crippen molar-refractivity contribution in [3.05, 3.63) is 0 Å². The van der Waals surface area contributed by atoms with Crippen molar-refractivity contribution in [1.82, 2.24) is 20.4 Å². The Kier molecular flexibility index (Phi) is 5.87. The minimum atomic E-state index is 0.111. The summed E-state index contributed by atoms with van der Waals surface area (Å²) in [6.07, 6.45) is 6.94. The minimum Gasteiger partial charge on any atom is -0.355 e. The van der Waals surface area contributed by atoms with E-state index in [1.165, 1.54) is 25.8 Å². The van der Waals surface area contributed by atoms with Crippen molar-refractivity contribution in [3.63, 3.8) is 0 Å². The summed E-state index contributed by atoms with van der Waals surface area (Å²) in [5.41, 5.74) is 0.111. The molecule has 142 valence electrons. The van der Waals surface area contributed by atoms with Crippen molar-refractivity contribution in [2.24, 2.45) is 10.4 Å². The Labute approximate surface area is 152 Å². The first-order valence-corrected chi connectivity index (χ1v) is 10.0. The van der Waals surface area contributed by atoms with Crippen molar-refractivity contribution < 1.29 is 4.79 Å². The summed E-state index contributed by atoms with van der Waals surface area (Å²) in [6, 6.07) is 1.20. The van der Waals surface area contributed by atoms with Gasteiger partial charge in [0.25, 0.3) is 0 Å². The van der Waals surface area contributed by atoms with Gasteiger partial charge in [0, 0.05) is 57.1 Å². The number of aliphatic imine (C=N–C) groups is 1. The zero-order valence-corrected chi connectivity index (χ0v) is 16.2. The zero-order valence-electron chi connectivity index (χ0n) is 16.2. The quantitative estimate of drug-likeness (QED) is 0.598. The van der Waals surface area contributed by atoms with E-state index < -0.39 is 0 Å². The minimum absolute atomic E-state index is 0.111. The number of piperidine rings is 2. The molecule has 2 N–H and O–H groups in total. The van der Waals surface area contributed by atoms with Crippen molar-refractivity contribution in [2.45, 2.75) is 64.5 Å². The number of nitrogens with zero attached hydrogens (tertiary/aromatic N) is 3. The summed E-state index contributed by atoms with van der Waals surface area (Å²) in [5, 5.41) is 6.63. The summed E-state index contributed by atoms with van der Waals surface area (Å²) in [6.45, 7) is 9.59. The molecule has 3 rings (SSSR count). The van der Waals surface area contributed by atoms with Gasteiger partial charge in [-0.1, -0.05) is 6.42 Å².